The summed E-state index contributed by atoms with van der Waals surface area (Å²) in [6, 6.07) is 0.134. The molecule has 1 saturated carbocycles. The number of pyridine rings is 1. The van der Waals surface area contributed by atoms with Gasteiger partial charge < -0.3 is 55.3 Å². The second kappa shape index (κ2) is 14.9. The summed E-state index contributed by atoms with van der Waals surface area (Å²) >= 11 is 8.55. The molecule has 0 bridgehead atoms. The lowest BCUT2D eigenvalue weighted by Crippen LogP contribution is -2.71. The van der Waals surface area contributed by atoms with Crippen LogP contribution in [0.3, 0.4) is 0 Å². The van der Waals surface area contributed by atoms with Gasteiger partial charge in [0, 0.05) is 47.9 Å². The number of carboxylic acid groups (broad SMARTS) is 3. The molecule has 3 atom stereocenters. The van der Waals surface area contributed by atoms with Gasteiger partial charge in [0.15, 0.2) is 27.8 Å². The fourth-order valence-corrected chi connectivity index (χ4v) is 9.61. The Kier molecular flexibility index (Phi) is 10.4. The highest BCUT2D eigenvalue weighted by Crippen LogP contribution is 2.44. The van der Waals surface area contributed by atoms with Crippen LogP contribution in [0.1, 0.15) is 49.4 Å². The van der Waals surface area contributed by atoms with Crippen molar-refractivity contribution in [1.82, 2.24) is 19.8 Å². The average molecular weight is 832 g/mol. The van der Waals surface area contributed by atoms with E-state index >= 15 is 0 Å². The van der Waals surface area contributed by atoms with E-state index in [1.807, 2.05) is 4.57 Å². The van der Waals surface area contributed by atoms with E-state index in [0.29, 0.717) is 34.2 Å². The number of nitrogen functional groups attached to an aromatic ring is 1. The first-order chi connectivity index (χ1) is 26.6. The van der Waals surface area contributed by atoms with Gasteiger partial charge in [-0.25, -0.2) is 9.78 Å². The lowest BCUT2D eigenvalue weighted by atomic mass is 10.0. The van der Waals surface area contributed by atoms with Crippen molar-refractivity contribution >= 4 is 86.2 Å². The van der Waals surface area contributed by atoms with Crippen LogP contribution in [0, 0.1) is 0 Å². The van der Waals surface area contributed by atoms with Gasteiger partial charge in [-0.05, 0) is 12.8 Å². The Hall–Kier alpha value is -5.38. The van der Waals surface area contributed by atoms with Crippen LogP contribution in [-0.4, -0.2) is 118 Å². The van der Waals surface area contributed by atoms with Gasteiger partial charge in [-0.15, -0.1) is 23.1 Å². The number of aromatic hydroxyl groups is 2. The standard InChI is InChI=1S/C34H34ClN7O12S2/c35-23-22-18(7-19(43)28(23)47)40(16-3-4-16)9-14(27(22)46)10-42(5-1-2-6-42)11-15-12-55-31-25(30(49)41(31)26(15)33(52)53)38-29(48)24(17-13-56-34(36)37-17)39-54-20(32(50)51)8-21(44)45/h7,9,13,16,20,25,31H,1-6,8,10-12H2,(H7-,36,37,38,39,43,44,45,46,47,48,50,51,52,53)/t20-,25+,31+/m0/s1. The number of quaternary nitrogens is 1. The lowest BCUT2D eigenvalue weighted by Gasteiger charge is -2.51. The van der Waals surface area contributed by atoms with Crippen LogP contribution in [-0.2, 0) is 35.4 Å². The van der Waals surface area contributed by atoms with E-state index in [9.17, 15) is 49.2 Å². The normalized spacial score (nSPS) is 21.1. The smallest absolute Gasteiger partial charge is 0.348 e. The van der Waals surface area contributed by atoms with Crippen molar-refractivity contribution in [3.8, 4) is 11.5 Å². The van der Waals surface area contributed by atoms with Crippen LogP contribution >= 0.6 is 34.7 Å². The second-order valence-electron chi connectivity index (χ2n) is 14.0. The van der Waals surface area contributed by atoms with Crippen LogP contribution in [0.25, 0.3) is 10.9 Å². The lowest BCUT2D eigenvalue weighted by molar-refractivity contribution is -0.925. The molecule has 3 fully saturated rings. The third-order valence-corrected chi connectivity index (χ3v) is 12.6. The zero-order chi connectivity index (χ0) is 40.2. The number of carbonyl (C=O) groups is 5. The minimum absolute atomic E-state index is 0.0156. The number of fused-ring (bicyclic) bond motifs is 2. The van der Waals surface area contributed by atoms with E-state index in [4.69, 9.17) is 27.3 Å². The van der Waals surface area contributed by atoms with Crippen LogP contribution in [0.2, 0.25) is 5.02 Å². The number of nitrogens with zero attached hydrogens (tertiary/aromatic N) is 5. The molecule has 2 aromatic heterocycles. The number of oxime groups is 1. The number of phenolic OH excluding ortho intramolecular Hbond substituents is 2. The first kappa shape index (κ1) is 38.9. The Balaban J connectivity index is 1.15. The Bertz CT molecular complexity index is 2320. The molecule has 1 aromatic carbocycles. The monoisotopic (exact) mass is 831 g/mol. The van der Waals surface area contributed by atoms with E-state index in [1.165, 1.54) is 23.2 Å². The van der Waals surface area contributed by atoms with Crippen LogP contribution in [0.4, 0.5) is 5.13 Å². The number of hydrogen-bond acceptors (Lipinski definition) is 15. The van der Waals surface area contributed by atoms with Gasteiger partial charge >= 0.3 is 11.9 Å². The fourth-order valence-electron chi connectivity index (χ4n) is 7.45. The number of thiazole rings is 1. The number of halogens is 1. The molecular formula is C34H34ClN7O12S2. The summed E-state index contributed by atoms with van der Waals surface area (Å²) in [5.41, 5.74) is 5.41. The molecule has 5 heterocycles. The van der Waals surface area contributed by atoms with Crippen molar-refractivity contribution in [2.45, 2.75) is 62.2 Å². The summed E-state index contributed by atoms with van der Waals surface area (Å²) in [5, 5.41) is 58.1. The SMILES string of the molecule is Nc1nc(/C(=N/O[C@@H](CC(=O)O)C(=O)O)C(=O)N[C@@H]2C(=O)N3C(C(=O)[O-])=C(C[N+]4(Cc5cn(C6CC6)c6cc(O)c(O)c(Cl)c6c5=O)CCCC4)CS[C@H]23)cs1. The van der Waals surface area contributed by atoms with Crippen molar-refractivity contribution in [1.29, 1.82) is 0 Å². The van der Waals surface area contributed by atoms with Gasteiger partial charge in [0.25, 0.3) is 11.8 Å². The van der Waals surface area contributed by atoms with Crippen molar-refractivity contribution in [2.75, 3.05) is 31.1 Å². The number of carboxylic acids is 3. The number of aromatic nitrogens is 2. The molecule has 19 nitrogen and oxygen atoms in total. The third-order valence-electron chi connectivity index (χ3n) is 10.2. The van der Waals surface area contributed by atoms with Gasteiger partial charge in [-0.1, -0.05) is 16.8 Å². The number of β-lactam (4-membered cyclic amide) rings is 1. The molecule has 0 radical (unpaired) electrons. The fraction of sp³-hybridized carbons (Fsp3) is 0.412. The van der Waals surface area contributed by atoms with Crippen molar-refractivity contribution < 1.29 is 58.8 Å². The minimum Gasteiger partial charge on any atom is -0.543 e. The van der Waals surface area contributed by atoms with Gasteiger partial charge in [-0.2, -0.15) is 0 Å². The number of carbonyl (C=O) groups excluding carboxylic acids is 3. The number of nitrogens with two attached hydrogens (primary N) is 1. The molecule has 2 amide bonds. The highest BCUT2D eigenvalue weighted by molar-refractivity contribution is 8.00. The number of likely N-dealkylation sites (tertiary alicyclic amines) is 1. The van der Waals surface area contributed by atoms with E-state index in [0.717, 1.165) is 41.9 Å². The quantitative estimate of drug-likeness (QED) is 0.0419. The molecule has 7 rings (SSSR count). The number of nitrogens with one attached hydrogen (secondary N) is 1. The molecule has 1 aliphatic carbocycles. The molecule has 3 aromatic rings. The number of amides is 2. The Morgan fingerprint density at radius 3 is 2.48 bits per heavy atom. The first-order valence-electron chi connectivity index (χ1n) is 17.3. The molecule has 7 N–H and O–H groups in total. The second-order valence-corrected chi connectivity index (χ2v) is 16.4. The number of aliphatic carboxylic acids is 3. The Morgan fingerprint density at radius 1 is 1.16 bits per heavy atom. The van der Waals surface area contributed by atoms with Crippen LogP contribution in [0.15, 0.2) is 38.9 Å². The number of rotatable bonds is 14. The summed E-state index contributed by atoms with van der Waals surface area (Å²) in [5.74, 6) is -7.49. The summed E-state index contributed by atoms with van der Waals surface area (Å²) in [4.78, 5) is 86.4. The third kappa shape index (κ3) is 7.21. The van der Waals surface area contributed by atoms with E-state index in [2.05, 4.69) is 15.5 Å². The van der Waals surface area contributed by atoms with E-state index in [1.54, 1.807) is 6.20 Å². The number of phenols is 2. The molecule has 0 spiro atoms. The van der Waals surface area contributed by atoms with E-state index in [-0.39, 0.29) is 51.8 Å². The molecule has 0 unspecified atom stereocenters. The Morgan fingerprint density at radius 2 is 1.88 bits per heavy atom. The molecular weight excluding hydrogens is 798 g/mol. The minimum atomic E-state index is -1.96. The largest absolute Gasteiger partial charge is 0.543 e. The maximum atomic E-state index is 14.0. The summed E-state index contributed by atoms with van der Waals surface area (Å²) in [6.07, 6.45) is 2.09. The predicted molar refractivity (Wildman–Crippen MR) is 197 cm³/mol. The van der Waals surface area contributed by atoms with Gasteiger partial charge in [0.2, 0.25) is 6.10 Å². The van der Waals surface area contributed by atoms with Gasteiger partial charge in [0.05, 0.1) is 52.7 Å². The topological polar surface area (TPSA) is 287 Å². The van der Waals surface area contributed by atoms with E-state index < -0.39 is 76.3 Å². The summed E-state index contributed by atoms with van der Waals surface area (Å²) in [7, 11) is 0. The maximum Gasteiger partial charge on any atom is 0.348 e. The summed E-state index contributed by atoms with van der Waals surface area (Å²) in [6.45, 7) is 1.56. The van der Waals surface area contributed by atoms with Gasteiger partial charge in [0.1, 0.15) is 30.2 Å². The molecule has 296 valence electrons. The van der Waals surface area contributed by atoms with Crippen LogP contribution in [0.5, 0.6) is 11.5 Å². The average Bonchev–Trinajstić information content (AvgIpc) is 3.74. The molecule has 56 heavy (non-hydrogen) atoms. The highest BCUT2D eigenvalue weighted by Gasteiger charge is 2.54. The van der Waals surface area contributed by atoms with Crippen molar-refractivity contribution in [2.24, 2.45) is 5.16 Å². The van der Waals surface area contributed by atoms with Crippen LogP contribution < -0.4 is 21.6 Å². The van der Waals surface area contributed by atoms with Gasteiger partial charge in [-0.3, -0.25) is 24.1 Å². The van der Waals surface area contributed by atoms with Crippen molar-refractivity contribution in [3.63, 3.8) is 0 Å². The highest BCUT2D eigenvalue weighted by atomic mass is 35.5. The predicted octanol–water partition coefficient (Wildman–Crippen LogP) is 0.303. The molecule has 22 heteroatoms. The molecule has 2 saturated heterocycles. The number of thioether (sulfide) groups is 1. The zero-order valence-electron chi connectivity index (χ0n) is 29.2. The zero-order valence-corrected chi connectivity index (χ0v) is 31.6. The maximum absolute atomic E-state index is 14.0. The molecule has 4 aliphatic rings. The number of anilines is 1. The molecule has 3 aliphatic heterocycles. The number of benzene rings is 1. The first-order valence-corrected chi connectivity index (χ1v) is 19.6. The Labute approximate surface area is 329 Å². The summed E-state index contributed by atoms with van der Waals surface area (Å²) < 4.78 is 2.18. The van der Waals surface area contributed by atoms with Crippen molar-refractivity contribution in [3.05, 3.63) is 55.4 Å². The number of hydrogen-bond donors (Lipinski definition) is 6.